The summed E-state index contributed by atoms with van der Waals surface area (Å²) in [5, 5.41) is 12.1. The fraction of sp³-hybridized carbons (Fsp3) is 0.500. The summed E-state index contributed by atoms with van der Waals surface area (Å²) in [5.41, 5.74) is 2.59. The lowest BCUT2D eigenvalue weighted by Crippen LogP contribution is -2.16. The van der Waals surface area contributed by atoms with Gasteiger partial charge in [0.1, 0.15) is 0 Å². The smallest absolute Gasteiger partial charge is 0.0431 e. The van der Waals surface area contributed by atoms with Gasteiger partial charge in [-0.05, 0) is 32.4 Å². The molecule has 1 atom stereocenters. The molecule has 0 spiro atoms. The molecule has 1 aromatic rings. The number of aliphatic hydroxyl groups is 1. The average Bonchev–Trinajstić information content (AvgIpc) is 2.19. The Labute approximate surface area is 86.0 Å². The fourth-order valence-corrected chi connectivity index (χ4v) is 1.66. The quantitative estimate of drug-likeness (QED) is 0.750. The summed E-state index contributed by atoms with van der Waals surface area (Å²) in [4.78, 5) is 0. The standard InChI is InChI=1S/C12H19NO/c1-10-5-3-6-11(9-10)12(13-2)7-4-8-14/h3,5-6,9,12-14H,4,7-8H2,1-2H3. The van der Waals surface area contributed by atoms with Crippen LogP contribution in [0.3, 0.4) is 0 Å². The highest BCUT2D eigenvalue weighted by molar-refractivity contribution is 5.24. The summed E-state index contributed by atoms with van der Waals surface area (Å²) in [5.74, 6) is 0. The van der Waals surface area contributed by atoms with E-state index in [1.54, 1.807) is 0 Å². The molecule has 0 aromatic heterocycles. The van der Waals surface area contributed by atoms with Gasteiger partial charge in [0, 0.05) is 12.6 Å². The van der Waals surface area contributed by atoms with Crippen molar-refractivity contribution >= 4 is 0 Å². The molecule has 2 nitrogen and oxygen atoms in total. The minimum absolute atomic E-state index is 0.268. The molecule has 0 bridgehead atoms. The van der Waals surface area contributed by atoms with Gasteiger partial charge in [0.15, 0.2) is 0 Å². The van der Waals surface area contributed by atoms with Crippen molar-refractivity contribution in [2.24, 2.45) is 0 Å². The van der Waals surface area contributed by atoms with E-state index >= 15 is 0 Å². The molecule has 0 aliphatic carbocycles. The van der Waals surface area contributed by atoms with Crippen LogP contribution in [-0.2, 0) is 0 Å². The predicted octanol–water partition coefficient (Wildman–Crippen LogP) is 2.03. The van der Waals surface area contributed by atoms with Crippen LogP contribution in [0.15, 0.2) is 24.3 Å². The first-order valence-electron chi connectivity index (χ1n) is 5.12. The lowest BCUT2D eigenvalue weighted by Gasteiger charge is -2.16. The molecule has 2 heteroatoms. The van der Waals surface area contributed by atoms with E-state index in [-0.39, 0.29) is 6.61 Å². The molecule has 1 unspecified atom stereocenters. The molecule has 0 radical (unpaired) electrons. The Hall–Kier alpha value is -0.860. The minimum Gasteiger partial charge on any atom is -0.396 e. The van der Waals surface area contributed by atoms with E-state index < -0.39 is 0 Å². The fourth-order valence-electron chi connectivity index (χ4n) is 1.66. The molecule has 1 aromatic carbocycles. The van der Waals surface area contributed by atoms with Crippen LogP contribution in [0.25, 0.3) is 0 Å². The zero-order valence-electron chi connectivity index (χ0n) is 8.96. The van der Waals surface area contributed by atoms with Crippen LogP contribution in [0.2, 0.25) is 0 Å². The van der Waals surface area contributed by atoms with Crippen LogP contribution >= 0.6 is 0 Å². The molecule has 0 heterocycles. The van der Waals surface area contributed by atoms with Gasteiger partial charge in [-0.25, -0.2) is 0 Å². The van der Waals surface area contributed by atoms with E-state index in [4.69, 9.17) is 5.11 Å². The van der Waals surface area contributed by atoms with Gasteiger partial charge in [-0.15, -0.1) is 0 Å². The molecule has 0 saturated heterocycles. The van der Waals surface area contributed by atoms with E-state index in [0.717, 1.165) is 12.8 Å². The van der Waals surface area contributed by atoms with Gasteiger partial charge < -0.3 is 10.4 Å². The van der Waals surface area contributed by atoms with Gasteiger partial charge in [-0.1, -0.05) is 29.8 Å². The molecule has 14 heavy (non-hydrogen) atoms. The second-order valence-corrected chi connectivity index (χ2v) is 3.62. The predicted molar refractivity (Wildman–Crippen MR) is 59.3 cm³/mol. The van der Waals surface area contributed by atoms with Gasteiger partial charge in [0.05, 0.1) is 0 Å². The van der Waals surface area contributed by atoms with E-state index in [1.807, 2.05) is 7.05 Å². The largest absolute Gasteiger partial charge is 0.396 e. The van der Waals surface area contributed by atoms with Crippen LogP contribution in [0.5, 0.6) is 0 Å². The van der Waals surface area contributed by atoms with Crippen molar-refractivity contribution in [1.29, 1.82) is 0 Å². The van der Waals surface area contributed by atoms with Gasteiger partial charge in [0.2, 0.25) is 0 Å². The highest BCUT2D eigenvalue weighted by Crippen LogP contribution is 2.18. The molecule has 0 amide bonds. The summed E-state index contributed by atoms with van der Waals surface area (Å²) in [6.45, 7) is 2.37. The van der Waals surface area contributed by atoms with E-state index in [9.17, 15) is 0 Å². The van der Waals surface area contributed by atoms with Crippen molar-refractivity contribution in [3.63, 3.8) is 0 Å². The summed E-state index contributed by atoms with van der Waals surface area (Å²) in [7, 11) is 1.96. The molecule has 78 valence electrons. The summed E-state index contributed by atoms with van der Waals surface area (Å²) < 4.78 is 0. The highest BCUT2D eigenvalue weighted by Gasteiger charge is 2.07. The number of nitrogens with one attached hydrogen (secondary N) is 1. The third-order valence-electron chi connectivity index (χ3n) is 2.44. The number of rotatable bonds is 5. The zero-order chi connectivity index (χ0) is 10.4. The van der Waals surface area contributed by atoms with E-state index in [2.05, 4.69) is 36.5 Å². The normalized spacial score (nSPS) is 12.8. The van der Waals surface area contributed by atoms with Crippen LogP contribution in [0, 0.1) is 6.92 Å². The maximum Gasteiger partial charge on any atom is 0.0431 e. The van der Waals surface area contributed by atoms with E-state index in [1.165, 1.54) is 11.1 Å². The van der Waals surface area contributed by atoms with Crippen molar-refractivity contribution in [1.82, 2.24) is 5.32 Å². The van der Waals surface area contributed by atoms with Crippen molar-refractivity contribution in [3.8, 4) is 0 Å². The SMILES string of the molecule is CNC(CCCO)c1cccc(C)c1. The number of aliphatic hydroxyl groups excluding tert-OH is 1. The summed E-state index contributed by atoms with van der Waals surface area (Å²) >= 11 is 0. The first kappa shape index (κ1) is 11.2. The highest BCUT2D eigenvalue weighted by atomic mass is 16.2. The van der Waals surface area contributed by atoms with Crippen molar-refractivity contribution < 1.29 is 5.11 Å². The van der Waals surface area contributed by atoms with Gasteiger partial charge in [-0.3, -0.25) is 0 Å². The topological polar surface area (TPSA) is 32.3 Å². The molecular formula is C12H19NO. The Kier molecular flexibility index (Phi) is 4.63. The lowest BCUT2D eigenvalue weighted by molar-refractivity contribution is 0.276. The third-order valence-corrected chi connectivity index (χ3v) is 2.44. The molecule has 0 saturated carbocycles. The summed E-state index contributed by atoms with van der Waals surface area (Å²) in [6.07, 6.45) is 1.83. The average molecular weight is 193 g/mol. The zero-order valence-corrected chi connectivity index (χ0v) is 8.96. The van der Waals surface area contributed by atoms with Crippen molar-refractivity contribution in [3.05, 3.63) is 35.4 Å². The first-order chi connectivity index (χ1) is 6.77. The number of aryl methyl sites for hydroxylation is 1. The van der Waals surface area contributed by atoms with Crippen LogP contribution < -0.4 is 5.32 Å². The van der Waals surface area contributed by atoms with Crippen molar-refractivity contribution in [2.45, 2.75) is 25.8 Å². The monoisotopic (exact) mass is 193 g/mol. The lowest BCUT2D eigenvalue weighted by atomic mass is 10.0. The number of hydrogen-bond donors (Lipinski definition) is 2. The van der Waals surface area contributed by atoms with Crippen molar-refractivity contribution in [2.75, 3.05) is 13.7 Å². The van der Waals surface area contributed by atoms with Gasteiger partial charge in [-0.2, -0.15) is 0 Å². The number of benzene rings is 1. The molecule has 0 aliphatic rings. The maximum atomic E-state index is 8.78. The second kappa shape index (κ2) is 5.78. The summed E-state index contributed by atoms with van der Waals surface area (Å²) in [6, 6.07) is 8.86. The van der Waals surface area contributed by atoms with Gasteiger partial charge in [0.25, 0.3) is 0 Å². The Bertz CT molecular complexity index is 273. The second-order valence-electron chi connectivity index (χ2n) is 3.62. The minimum atomic E-state index is 0.268. The van der Waals surface area contributed by atoms with E-state index in [0.29, 0.717) is 6.04 Å². The molecule has 0 fully saturated rings. The Balaban J connectivity index is 2.68. The maximum absolute atomic E-state index is 8.78. The molecule has 0 aliphatic heterocycles. The Morgan fingerprint density at radius 3 is 2.79 bits per heavy atom. The van der Waals surface area contributed by atoms with Crippen LogP contribution in [0.1, 0.15) is 30.0 Å². The van der Waals surface area contributed by atoms with Gasteiger partial charge >= 0.3 is 0 Å². The molecule has 2 N–H and O–H groups in total. The molecular weight excluding hydrogens is 174 g/mol. The number of hydrogen-bond acceptors (Lipinski definition) is 2. The molecule has 1 rings (SSSR count). The Morgan fingerprint density at radius 1 is 1.43 bits per heavy atom. The third kappa shape index (κ3) is 3.13. The Morgan fingerprint density at radius 2 is 2.21 bits per heavy atom. The van der Waals surface area contributed by atoms with Crippen LogP contribution in [0.4, 0.5) is 0 Å². The van der Waals surface area contributed by atoms with Crippen LogP contribution in [-0.4, -0.2) is 18.8 Å². The first-order valence-corrected chi connectivity index (χ1v) is 5.12.